The highest BCUT2D eigenvalue weighted by atomic mass is 16.2. The topological polar surface area (TPSA) is 20.2 Å². The molecule has 0 aliphatic heterocycles. The molecule has 1 nitrogen and oxygen atoms in total. The summed E-state index contributed by atoms with van der Waals surface area (Å²) in [7, 11) is 0. The van der Waals surface area contributed by atoms with Gasteiger partial charge in [-0.3, -0.25) is 0 Å². The molecule has 0 spiro atoms. The molecule has 4 fully saturated rings. The Morgan fingerprint density at radius 1 is 1.00 bits per heavy atom. The highest BCUT2D eigenvalue weighted by Crippen LogP contribution is 2.66. The van der Waals surface area contributed by atoms with E-state index in [2.05, 4.69) is 13.8 Å². The van der Waals surface area contributed by atoms with Gasteiger partial charge in [0.05, 0.1) is 6.26 Å². The quantitative estimate of drug-likeness (QED) is 0.553. The molecule has 0 bridgehead atoms. The average Bonchev–Trinajstić information content (AvgIpc) is 2.87. The summed E-state index contributed by atoms with van der Waals surface area (Å²) >= 11 is 0. The first-order valence-electron chi connectivity index (χ1n) is 9.39. The molecule has 4 rings (SSSR count). The van der Waals surface area contributed by atoms with Gasteiger partial charge in [-0.25, -0.2) is 0 Å². The Hall–Kier alpha value is -0.460. The third-order valence-corrected chi connectivity index (χ3v) is 8.45. The molecule has 4 aliphatic rings. The third-order valence-electron chi connectivity index (χ3n) is 8.45. The molecule has 0 aromatic heterocycles. The molecule has 0 saturated heterocycles. The fourth-order valence-electron chi connectivity index (χ4n) is 7.32. The van der Waals surface area contributed by atoms with Crippen LogP contribution in [-0.4, -0.2) is 5.11 Å². The Kier molecular flexibility index (Phi) is 3.21. The standard InChI is InChI=1S/C20H32O/c1-19-10-3-4-17(19)16-8-7-15-6-5-14(13-21)12-20(15,2)18(16)9-11-19/h13,15-18,21H,3-12H2,1-2H3/t15?,16-,17-,18-,19-,20-/m0/s1. The number of aliphatic hydroxyl groups excluding tert-OH is 1. The van der Waals surface area contributed by atoms with Crippen molar-refractivity contribution in [2.75, 3.05) is 0 Å². The normalized spacial score (nSPS) is 54.9. The molecule has 1 unspecified atom stereocenters. The smallest absolute Gasteiger partial charge is 0.0783 e. The fraction of sp³-hybridized carbons (Fsp3) is 0.900. The maximum atomic E-state index is 9.52. The second-order valence-electron chi connectivity index (χ2n) is 9.24. The van der Waals surface area contributed by atoms with E-state index >= 15 is 0 Å². The molecule has 21 heavy (non-hydrogen) atoms. The Labute approximate surface area is 130 Å². The van der Waals surface area contributed by atoms with Gasteiger partial charge < -0.3 is 5.11 Å². The summed E-state index contributed by atoms with van der Waals surface area (Å²) in [6.45, 7) is 5.17. The summed E-state index contributed by atoms with van der Waals surface area (Å²) in [5, 5.41) is 9.52. The number of allylic oxidation sites excluding steroid dienone is 1. The van der Waals surface area contributed by atoms with Crippen molar-refractivity contribution in [3.63, 3.8) is 0 Å². The lowest BCUT2D eigenvalue weighted by atomic mass is 9.45. The Morgan fingerprint density at radius 2 is 1.86 bits per heavy atom. The van der Waals surface area contributed by atoms with E-state index in [1.807, 2.05) is 0 Å². The fourth-order valence-corrected chi connectivity index (χ4v) is 7.32. The van der Waals surface area contributed by atoms with Crippen molar-refractivity contribution in [3.8, 4) is 0 Å². The molecule has 4 saturated carbocycles. The van der Waals surface area contributed by atoms with E-state index in [1.54, 1.807) is 0 Å². The maximum absolute atomic E-state index is 9.52. The van der Waals surface area contributed by atoms with Gasteiger partial charge in [-0.15, -0.1) is 0 Å². The van der Waals surface area contributed by atoms with Crippen molar-refractivity contribution < 1.29 is 5.11 Å². The first kappa shape index (κ1) is 14.2. The van der Waals surface area contributed by atoms with E-state index in [4.69, 9.17) is 0 Å². The van der Waals surface area contributed by atoms with Gasteiger partial charge in [0, 0.05) is 0 Å². The second kappa shape index (κ2) is 4.77. The predicted octanol–water partition coefficient (Wildman–Crippen LogP) is 5.86. The molecule has 4 aliphatic carbocycles. The lowest BCUT2D eigenvalue weighted by molar-refractivity contribution is -0.0949. The molecule has 0 heterocycles. The molecule has 6 atom stereocenters. The Bertz CT molecular complexity index is 453. The molecule has 1 N–H and O–H groups in total. The third kappa shape index (κ3) is 1.95. The minimum absolute atomic E-state index is 0.486. The number of fused-ring (bicyclic) bond motifs is 5. The van der Waals surface area contributed by atoms with E-state index in [9.17, 15) is 5.11 Å². The monoisotopic (exact) mass is 288 g/mol. The zero-order valence-electron chi connectivity index (χ0n) is 13.9. The number of hydrogen-bond donors (Lipinski definition) is 1. The maximum Gasteiger partial charge on any atom is 0.0783 e. The van der Waals surface area contributed by atoms with Gasteiger partial charge >= 0.3 is 0 Å². The Balaban J connectivity index is 1.65. The Morgan fingerprint density at radius 3 is 2.67 bits per heavy atom. The summed E-state index contributed by atoms with van der Waals surface area (Å²) in [5.41, 5.74) is 2.49. The average molecular weight is 288 g/mol. The summed E-state index contributed by atoms with van der Waals surface area (Å²) in [6, 6.07) is 0. The van der Waals surface area contributed by atoms with Gasteiger partial charge in [0.1, 0.15) is 0 Å². The van der Waals surface area contributed by atoms with E-state index in [0.29, 0.717) is 10.8 Å². The molecule has 118 valence electrons. The number of aliphatic hydroxyl groups is 1. The highest BCUT2D eigenvalue weighted by molar-refractivity contribution is 5.14. The van der Waals surface area contributed by atoms with Crippen LogP contribution in [0, 0.1) is 34.5 Å². The van der Waals surface area contributed by atoms with Crippen LogP contribution in [0.25, 0.3) is 0 Å². The van der Waals surface area contributed by atoms with Gasteiger partial charge in [0.15, 0.2) is 0 Å². The first-order valence-corrected chi connectivity index (χ1v) is 9.39. The van der Waals surface area contributed by atoms with Crippen LogP contribution in [0.3, 0.4) is 0 Å². The second-order valence-corrected chi connectivity index (χ2v) is 9.24. The summed E-state index contributed by atoms with van der Waals surface area (Å²) < 4.78 is 0. The van der Waals surface area contributed by atoms with Crippen molar-refractivity contribution in [2.45, 2.75) is 78.1 Å². The van der Waals surface area contributed by atoms with Crippen molar-refractivity contribution in [1.29, 1.82) is 0 Å². The zero-order chi connectivity index (χ0) is 14.7. The molecule has 0 aromatic carbocycles. The van der Waals surface area contributed by atoms with E-state index in [0.717, 1.165) is 30.1 Å². The molecular weight excluding hydrogens is 256 g/mol. The summed E-state index contributed by atoms with van der Waals surface area (Å²) in [6.07, 6.45) is 15.5. The van der Waals surface area contributed by atoms with E-state index in [1.165, 1.54) is 69.6 Å². The highest BCUT2D eigenvalue weighted by Gasteiger charge is 2.57. The van der Waals surface area contributed by atoms with Crippen LogP contribution >= 0.6 is 0 Å². The largest absolute Gasteiger partial charge is 0.516 e. The van der Waals surface area contributed by atoms with Gasteiger partial charge in [-0.2, -0.15) is 0 Å². The van der Waals surface area contributed by atoms with Gasteiger partial charge in [0.2, 0.25) is 0 Å². The van der Waals surface area contributed by atoms with Crippen LogP contribution in [0.15, 0.2) is 11.8 Å². The summed E-state index contributed by atoms with van der Waals surface area (Å²) in [5.74, 6) is 3.86. The SMILES string of the molecule is C[C@@]12CCC[C@H]1[C@@H]1CCC3CCC(=CO)C[C@]3(C)[C@H]1CC2. The zero-order valence-corrected chi connectivity index (χ0v) is 13.9. The summed E-state index contributed by atoms with van der Waals surface area (Å²) in [4.78, 5) is 0. The number of hydrogen-bond acceptors (Lipinski definition) is 1. The first-order chi connectivity index (χ1) is 10.1. The van der Waals surface area contributed by atoms with Gasteiger partial charge in [0.25, 0.3) is 0 Å². The molecular formula is C20H32O. The van der Waals surface area contributed by atoms with Crippen LogP contribution < -0.4 is 0 Å². The lowest BCUT2D eigenvalue weighted by Gasteiger charge is -2.60. The van der Waals surface area contributed by atoms with Crippen LogP contribution in [0.4, 0.5) is 0 Å². The lowest BCUT2D eigenvalue weighted by Crippen LogP contribution is -2.52. The predicted molar refractivity (Wildman–Crippen MR) is 87.1 cm³/mol. The van der Waals surface area contributed by atoms with Crippen LogP contribution in [0.1, 0.15) is 78.1 Å². The van der Waals surface area contributed by atoms with Crippen LogP contribution in [-0.2, 0) is 0 Å². The van der Waals surface area contributed by atoms with Crippen molar-refractivity contribution in [2.24, 2.45) is 34.5 Å². The van der Waals surface area contributed by atoms with Crippen molar-refractivity contribution >= 4 is 0 Å². The minimum Gasteiger partial charge on any atom is -0.516 e. The minimum atomic E-state index is 0.486. The van der Waals surface area contributed by atoms with Crippen LogP contribution in [0.5, 0.6) is 0 Å². The van der Waals surface area contributed by atoms with Gasteiger partial charge in [-0.05, 0) is 97.9 Å². The molecule has 0 radical (unpaired) electrons. The molecule has 1 heteroatoms. The number of rotatable bonds is 0. The van der Waals surface area contributed by atoms with Gasteiger partial charge in [-0.1, -0.05) is 20.3 Å². The van der Waals surface area contributed by atoms with Crippen LogP contribution in [0.2, 0.25) is 0 Å². The van der Waals surface area contributed by atoms with E-state index < -0.39 is 0 Å². The molecule has 0 amide bonds. The van der Waals surface area contributed by atoms with Crippen molar-refractivity contribution in [1.82, 2.24) is 0 Å². The van der Waals surface area contributed by atoms with Crippen molar-refractivity contribution in [3.05, 3.63) is 11.8 Å². The molecule has 0 aromatic rings. The van der Waals surface area contributed by atoms with E-state index in [-0.39, 0.29) is 0 Å².